The van der Waals surface area contributed by atoms with Gasteiger partial charge in [0.05, 0.1) is 5.75 Å². The van der Waals surface area contributed by atoms with Crippen LogP contribution in [0.1, 0.15) is 18.4 Å². The summed E-state index contributed by atoms with van der Waals surface area (Å²) in [7, 11) is -3.22. The molecule has 0 fully saturated rings. The van der Waals surface area contributed by atoms with Crippen LogP contribution in [-0.2, 0) is 16.4 Å². The summed E-state index contributed by atoms with van der Waals surface area (Å²) < 4.78 is 25.8. The van der Waals surface area contributed by atoms with E-state index in [0.717, 1.165) is 5.56 Å². The largest absolute Gasteiger partial charge is 0.330 e. The van der Waals surface area contributed by atoms with E-state index in [0.29, 0.717) is 42.4 Å². The van der Waals surface area contributed by atoms with Crippen LogP contribution in [0.25, 0.3) is 0 Å². The van der Waals surface area contributed by atoms with Gasteiger partial charge in [-0.1, -0.05) is 29.3 Å². The van der Waals surface area contributed by atoms with E-state index >= 15 is 0 Å². The Morgan fingerprint density at radius 1 is 1.21 bits per heavy atom. The van der Waals surface area contributed by atoms with Crippen LogP contribution in [-0.4, -0.2) is 27.3 Å². The number of hydrogen-bond acceptors (Lipinski definition) is 3. The van der Waals surface area contributed by atoms with Crippen LogP contribution in [0.5, 0.6) is 0 Å². The molecule has 0 aliphatic carbocycles. The molecule has 0 amide bonds. The maximum absolute atomic E-state index is 11.6. The van der Waals surface area contributed by atoms with Gasteiger partial charge in [-0.15, -0.1) is 0 Å². The molecule has 1 rings (SSSR count). The normalized spacial score (nSPS) is 11.7. The van der Waals surface area contributed by atoms with Crippen molar-refractivity contribution < 1.29 is 8.42 Å². The summed E-state index contributed by atoms with van der Waals surface area (Å²) in [6.07, 6.45) is 1.82. The summed E-state index contributed by atoms with van der Waals surface area (Å²) in [5, 5.41) is 1.12. The topological polar surface area (TPSA) is 72.2 Å². The third-order valence-electron chi connectivity index (χ3n) is 2.60. The fourth-order valence-corrected chi connectivity index (χ4v) is 3.22. The van der Waals surface area contributed by atoms with Gasteiger partial charge in [-0.05, 0) is 43.5 Å². The number of nitrogens with one attached hydrogen (secondary N) is 1. The van der Waals surface area contributed by atoms with Gasteiger partial charge in [-0.2, -0.15) is 0 Å². The fourth-order valence-electron chi connectivity index (χ4n) is 1.57. The second-order valence-electron chi connectivity index (χ2n) is 4.19. The van der Waals surface area contributed by atoms with Crippen molar-refractivity contribution in [2.24, 2.45) is 5.73 Å². The Morgan fingerprint density at radius 3 is 2.58 bits per heavy atom. The van der Waals surface area contributed by atoms with Gasteiger partial charge in [0.15, 0.2) is 0 Å². The van der Waals surface area contributed by atoms with E-state index in [-0.39, 0.29) is 5.75 Å². The van der Waals surface area contributed by atoms with Crippen molar-refractivity contribution in [2.45, 2.75) is 19.3 Å². The van der Waals surface area contributed by atoms with Gasteiger partial charge in [0.1, 0.15) is 0 Å². The zero-order valence-electron chi connectivity index (χ0n) is 10.5. The number of unbranched alkanes of at least 4 members (excludes halogenated alkanes) is 1. The molecule has 0 aliphatic heterocycles. The van der Waals surface area contributed by atoms with E-state index in [1.54, 1.807) is 18.2 Å². The molecule has 0 bridgehead atoms. The Hall–Kier alpha value is -0.330. The molecule has 0 spiro atoms. The third-order valence-corrected chi connectivity index (χ3v) is 4.66. The molecular formula is C12H18Cl2N2O2S. The third kappa shape index (κ3) is 6.58. The van der Waals surface area contributed by atoms with Crippen LogP contribution in [0.15, 0.2) is 18.2 Å². The fraction of sp³-hybridized carbons (Fsp3) is 0.500. The first-order chi connectivity index (χ1) is 8.94. The maximum atomic E-state index is 11.6. The quantitative estimate of drug-likeness (QED) is 0.720. The number of sulfonamides is 1. The van der Waals surface area contributed by atoms with Crippen molar-refractivity contribution in [1.82, 2.24) is 4.72 Å². The SMILES string of the molecule is NCCCCS(=O)(=O)NCCc1ccc(Cl)cc1Cl. The van der Waals surface area contributed by atoms with Crippen LogP contribution in [0, 0.1) is 0 Å². The van der Waals surface area contributed by atoms with E-state index in [9.17, 15) is 8.42 Å². The molecule has 0 atom stereocenters. The molecule has 7 heteroatoms. The van der Waals surface area contributed by atoms with E-state index in [2.05, 4.69) is 4.72 Å². The molecule has 19 heavy (non-hydrogen) atoms. The highest BCUT2D eigenvalue weighted by Gasteiger charge is 2.09. The van der Waals surface area contributed by atoms with E-state index in [1.807, 2.05) is 0 Å². The van der Waals surface area contributed by atoms with E-state index in [1.165, 1.54) is 0 Å². The minimum absolute atomic E-state index is 0.110. The summed E-state index contributed by atoms with van der Waals surface area (Å²) in [5.41, 5.74) is 6.19. The molecule has 0 saturated heterocycles. The lowest BCUT2D eigenvalue weighted by atomic mass is 10.1. The predicted octanol–water partition coefficient (Wildman–Crippen LogP) is 2.19. The lowest BCUT2D eigenvalue weighted by Crippen LogP contribution is -2.28. The molecule has 1 aromatic carbocycles. The lowest BCUT2D eigenvalue weighted by Gasteiger charge is -2.07. The first-order valence-corrected chi connectivity index (χ1v) is 8.47. The molecule has 0 unspecified atom stereocenters. The minimum atomic E-state index is -3.22. The minimum Gasteiger partial charge on any atom is -0.330 e. The standard InChI is InChI=1S/C12H18Cl2N2O2S/c13-11-4-3-10(12(14)9-11)5-7-16-19(17,18)8-2-1-6-15/h3-4,9,16H,1-2,5-8,15H2. The number of benzene rings is 1. The van der Waals surface area contributed by atoms with Gasteiger partial charge in [0, 0.05) is 16.6 Å². The van der Waals surface area contributed by atoms with Gasteiger partial charge in [-0.3, -0.25) is 0 Å². The Balaban J connectivity index is 2.41. The summed E-state index contributed by atoms with van der Waals surface area (Å²) >= 11 is 11.8. The monoisotopic (exact) mass is 324 g/mol. The first kappa shape index (κ1) is 16.7. The van der Waals surface area contributed by atoms with Crippen LogP contribution in [0.3, 0.4) is 0 Å². The second kappa shape index (κ2) is 8.07. The molecule has 1 aromatic rings. The molecule has 108 valence electrons. The van der Waals surface area contributed by atoms with Crippen molar-refractivity contribution in [3.8, 4) is 0 Å². The van der Waals surface area contributed by atoms with Crippen LogP contribution < -0.4 is 10.5 Å². The Kier molecular flexibility index (Phi) is 7.10. The Labute approximate surface area is 124 Å². The highest BCUT2D eigenvalue weighted by Crippen LogP contribution is 2.21. The van der Waals surface area contributed by atoms with Crippen LogP contribution in [0.2, 0.25) is 10.0 Å². The molecule has 0 radical (unpaired) electrons. The summed E-state index contributed by atoms with van der Waals surface area (Å²) in [6, 6.07) is 5.18. The predicted molar refractivity (Wildman–Crippen MR) is 80.2 cm³/mol. The van der Waals surface area contributed by atoms with E-state index < -0.39 is 10.0 Å². The molecule has 3 N–H and O–H groups in total. The average Bonchev–Trinajstić information content (AvgIpc) is 2.32. The van der Waals surface area contributed by atoms with Crippen molar-refractivity contribution in [3.63, 3.8) is 0 Å². The van der Waals surface area contributed by atoms with Crippen molar-refractivity contribution in [3.05, 3.63) is 33.8 Å². The smallest absolute Gasteiger partial charge is 0.211 e. The maximum Gasteiger partial charge on any atom is 0.211 e. The molecule has 0 saturated carbocycles. The highest BCUT2D eigenvalue weighted by molar-refractivity contribution is 7.89. The molecule has 0 aliphatic rings. The number of hydrogen-bond donors (Lipinski definition) is 2. The number of rotatable bonds is 8. The summed E-state index contributed by atoms with van der Waals surface area (Å²) in [6.45, 7) is 0.836. The van der Waals surface area contributed by atoms with Gasteiger partial charge < -0.3 is 5.73 Å². The van der Waals surface area contributed by atoms with Crippen LogP contribution >= 0.6 is 23.2 Å². The second-order valence-corrected chi connectivity index (χ2v) is 6.96. The molecule has 0 aromatic heterocycles. The zero-order chi connectivity index (χ0) is 14.3. The Morgan fingerprint density at radius 2 is 1.95 bits per heavy atom. The lowest BCUT2D eigenvalue weighted by molar-refractivity contribution is 0.577. The zero-order valence-corrected chi connectivity index (χ0v) is 12.9. The molecular weight excluding hydrogens is 307 g/mol. The summed E-state index contributed by atoms with van der Waals surface area (Å²) in [4.78, 5) is 0. The average molecular weight is 325 g/mol. The van der Waals surface area contributed by atoms with Gasteiger partial charge in [0.2, 0.25) is 10.0 Å². The molecule has 4 nitrogen and oxygen atoms in total. The van der Waals surface area contributed by atoms with Gasteiger partial charge in [0.25, 0.3) is 0 Å². The van der Waals surface area contributed by atoms with Crippen molar-refractivity contribution in [1.29, 1.82) is 0 Å². The number of nitrogens with two attached hydrogens (primary N) is 1. The van der Waals surface area contributed by atoms with Crippen molar-refractivity contribution >= 4 is 33.2 Å². The van der Waals surface area contributed by atoms with Gasteiger partial charge >= 0.3 is 0 Å². The first-order valence-electron chi connectivity index (χ1n) is 6.06. The van der Waals surface area contributed by atoms with Gasteiger partial charge in [-0.25, -0.2) is 13.1 Å². The highest BCUT2D eigenvalue weighted by atomic mass is 35.5. The number of halogens is 2. The summed E-state index contributed by atoms with van der Waals surface area (Å²) in [5.74, 6) is 0.110. The van der Waals surface area contributed by atoms with E-state index in [4.69, 9.17) is 28.9 Å². The Bertz CT molecular complexity index is 506. The molecule has 0 heterocycles. The van der Waals surface area contributed by atoms with Crippen molar-refractivity contribution in [2.75, 3.05) is 18.8 Å². The van der Waals surface area contributed by atoms with Crippen LogP contribution in [0.4, 0.5) is 0 Å².